The van der Waals surface area contributed by atoms with Gasteiger partial charge in [-0.1, -0.05) is 6.07 Å². The second kappa shape index (κ2) is 4.88. The summed E-state index contributed by atoms with van der Waals surface area (Å²) in [5, 5.41) is 7.12. The van der Waals surface area contributed by atoms with Crippen molar-refractivity contribution in [1.82, 2.24) is 19.7 Å². The van der Waals surface area contributed by atoms with Crippen molar-refractivity contribution < 1.29 is 4.79 Å². The average molecular weight is 303 g/mol. The molecule has 0 saturated heterocycles. The molecule has 3 heterocycles. The lowest BCUT2D eigenvalue weighted by atomic mass is 10.0. The van der Waals surface area contributed by atoms with Gasteiger partial charge in [0.15, 0.2) is 0 Å². The van der Waals surface area contributed by atoms with Crippen molar-refractivity contribution in [3.63, 3.8) is 0 Å². The molecule has 3 aromatic heterocycles. The molecule has 6 heteroatoms. The van der Waals surface area contributed by atoms with Crippen LogP contribution in [0.4, 0.5) is 0 Å². The second-order valence-electron chi connectivity index (χ2n) is 5.38. The Bertz CT molecular complexity index is 1070. The molecule has 112 valence electrons. The standard InChI is InChI=1S/C17H13N5O/c1-22-9-11(7-20-22)16-13-4-5-19-8-14(13)12-3-2-10(17(18)23)6-15(12)21-16/h2-9H,1H3,(H2,18,23). The van der Waals surface area contributed by atoms with E-state index in [1.165, 1.54) is 0 Å². The van der Waals surface area contributed by atoms with Gasteiger partial charge >= 0.3 is 0 Å². The minimum atomic E-state index is -0.470. The van der Waals surface area contributed by atoms with Crippen LogP contribution in [0.5, 0.6) is 0 Å². The first-order valence-electron chi connectivity index (χ1n) is 7.10. The number of hydrogen-bond acceptors (Lipinski definition) is 4. The van der Waals surface area contributed by atoms with Crippen molar-refractivity contribution in [2.24, 2.45) is 12.8 Å². The Balaban J connectivity index is 2.12. The smallest absolute Gasteiger partial charge is 0.248 e. The quantitative estimate of drug-likeness (QED) is 0.576. The van der Waals surface area contributed by atoms with E-state index in [0.717, 1.165) is 27.4 Å². The number of carbonyl (C=O) groups is 1. The van der Waals surface area contributed by atoms with Gasteiger partial charge in [-0.3, -0.25) is 14.5 Å². The highest BCUT2D eigenvalue weighted by atomic mass is 16.1. The van der Waals surface area contributed by atoms with E-state index in [0.29, 0.717) is 11.1 Å². The minimum Gasteiger partial charge on any atom is -0.366 e. The van der Waals surface area contributed by atoms with Gasteiger partial charge in [0.05, 0.1) is 17.4 Å². The Morgan fingerprint density at radius 2 is 2.00 bits per heavy atom. The first kappa shape index (κ1) is 13.4. The number of fused-ring (bicyclic) bond motifs is 3. The van der Waals surface area contributed by atoms with Crippen LogP contribution in [0.3, 0.4) is 0 Å². The molecule has 0 unspecified atom stereocenters. The van der Waals surface area contributed by atoms with Crippen LogP contribution in [0.25, 0.3) is 32.9 Å². The summed E-state index contributed by atoms with van der Waals surface area (Å²) in [7, 11) is 1.86. The molecular formula is C17H13N5O. The van der Waals surface area contributed by atoms with Crippen molar-refractivity contribution in [3.05, 3.63) is 54.6 Å². The zero-order valence-corrected chi connectivity index (χ0v) is 12.4. The highest BCUT2D eigenvalue weighted by molar-refractivity contribution is 6.11. The molecule has 0 saturated carbocycles. The molecule has 1 aromatic carbocycles. The maximum atomic E-state index is 11.4. The molecule has 0 atom stereocenters. The summed E-state index contributed by atoms with van der Waals surface area (Å²) >= 11 is 0. The van der Waals surface area contributed by atoms with Crippen molar-refractivity contribution in [2.45, 2.75) is 0 Å². The molecule has 4 aromatic rings. The number of benzene rings is 1. The van der Waals surface area contributed by atoms with Crippen LogP contribution in [0.1, 0.15) is 10.4 Å². The lowest BCUT2D eigenvalue weighted by Crippen LogP contribution is -2.10. The second-order valence-corrected chi connectivity index (χ2v) is 5.38. The summed E-state index contributed by atoms with van der Waals surface area (Å²) in [6.45, 7) is 0. The number of nitrogens with zero attached hydrogens (tertiary/aromatic N) is 4. The average Bonchev–Trinajstić information content (AvgIpc) is 2.99. The van der Waals surface area contributed by atoms with Gasteiger partial charge in [-0.2, -0.15) is 5.10 Å². The number of amides is 1. The number of rotatable bonds is 2. The van der Waals surface area contributed by atoms with Crippen molar-refractivity contribution in [3.8, 4) is 11.3 Å². The van der Waals surface area contributed by atoms with Gasteiger partial charge in [0.1, 0.15) is 0 Å². The topological polar surface area (TPSA) is 86.7 Å². The van der Waals surface area contributed by atoms with Gasteiger partial charge in [0, 0.05) is 52.9 Å². The SMILES string of the molecule is Cn1cc(-c2nc3cc(C(N)=O)ccc3c3cnccc23)cn1. The predicted molar refractivity (Wildman–Crippen MR) is 87.8 cm³/mol. The molecule has 2 N–H and O–H groups in total. The minimum absolute atomic E-state index is 0.436. The third-order valence-electron chi connectivity index (χ3n) is 3.86. The predicted octanol–water partition coefficient (Wildman–Crippen LogP) is 2.28. The van der Waals surface area contributed by atoms with Crippen LogP contribution in [0.2, 0.25) is 0 Å². The Kier molecular flexibility index (Phi) is 2.84. The normalized spacial score (nSPS) is 11.2. The third kappa shape index (κ3) is 2.12. The van der Waals surface area contributed by atoms with E-state index >= 15 is 0 Å². The summed E-state index contributed by atoms with van der Waals surface area (Å²) in [5.41, 5.74) is 8.24. The van der Waals surface area contributed by atoms with Gasteiger partial charge in [0.25, 0.3) is 0 Å². The number of pyridine rings is 2. The van der Waals surface area contributed by atoms with E-state index in [-0.39, 0.29) is 0 Å². The molecule has 0 spiro atoms. The largest absolute Gasteiger partial charge is 0.366 e. The van der Waals surface area contributed by atoms with Crippen LogP contribution in [-0.4, -0.2) is 25.7 Å². The summed E-state index contributed by atoms with van der Waals surface area (Å²) in [6.07, 6.45) is 7.23. The monoisotopic (exact) mass is 303 g/mol. The van der Waals surface area contributed by atoms with E-state index in [1.54, 1.807) is 29.2 Å². The van der Waals surface area contributed by atoms with E-state index in [2.05, 4.69) is 10.1 Å². The van der Waals surface area contributed by atoms with E-state index in [9.17, 15) is 4.79 Å². The fraction of sp³-hybridized carbons (Fsp3) is 0.0588. The first-order valence-corrected chi connectivity index (χ1v) is 7.10. The highest BCUT2D eigenvalue weighted by Crippen LogP contribution is 2.31. The van der Waals surface area contributed by atoms with E-state index in [4.69, 9.17) is 10.7 Å². The van der Waals surface area contributed by atoms with Gasteiger partial charge in [-0.05, 0) is 18.2 Å². The number of nitrogens with two attached hydrogens (primary N) is 1. The van der Waals surface area contributed by atoms with Gasteiger partial charge in [0.2, 0.25) is 5.91 Å². The van der Waals surface area contributed by atoms with Crippen LogP contribution < -0.4 is 5.73 Å². The van der Waals surface area contributed by atoms with Crippen molar-refractivity contribution in [2.75, 3.05) is 0 Å². The van der Waals surface area contributed by atoms with Gasteiger partial charge < -0.3 is 5.73 Å². The maximum absolute atomic E-state index is 11.4. The molecule has 1 amide bonds. The molecule has 6 nitrogen and oxygen atoms in total. The summed E-state index contributed by atoms with van der Waals surface area (Å²) < 4.78 is 1.73. The molecule has 0 aliphatic rings. The molecule has 23 heavy (non-hydrogen) atoms. The van der Waals surface area contributed by atoms with Gasteiger partial charge in [-0.25, -0.2) is 4.98 Å². The molecule has 0 fully saturated rings. The lowest BCUT2D eigenvalue weighted by molar-refractivity contribution is 0.100. The third-order valence-corrected chi connectivity index (χ3v) is 3.86. The van der Waals surface area contributed by atoms with Crippen molar-refractivity contribution >= 4 is 27.6 Å². The molecule has 0 aliphatic heterocycles. The zero-order valence-electron chi connectivity index (χ0n) is 12.4. The Labute approximate surface area is 131 Å². The zero-order chi connectivity index (χ0) is 16.0. The molecule has 0 aliphatic carbocycles. The summed E-state index contributed by atoms with van der Waals surface area (Å²) in [5.74, 6) is -0.470. The fourth-order valence-corrected chi connectivity index (χ4v) is 2.76. The Morgan fingerprint density at radius 1 is 1.13 bits per heavy atom. The number of primary amides is 1. The fourth-order valence-electron chi connectivity index (χ4n) is 2.76. The maximum Gasteiger partial charge on any atom is 0.248 e. The number of carbonyl (C=O) groups excluding carboxylic acids is 1. The van der Waals surface area contributed by atoms with Crippen LogP contribution >= 0.6 is 0 Å². The number of hydrogen-bond donors (Lipinski definition) is 1. The molecule has 0 radical (unpaired) electrons. The van der Waals surface area contributed by atoms with Crippen LogP contribution in [0, 0.1) is 0 Å². The Morgan fingerprint density at radius 3 is 2.74 bits per heavy atom. The number of aromatic nitrogens is 4. The number of aryl methyl sites for hydroxylation is 1. The Hall–Kier alpha value is -3.28. The van der Waals surface area contributed by atoms with Crippen LogP contribution in [0.15, 0.2) is 49.1 Å². The highest BCUT2D eigenvalue weighted by Gasteiger charge is 2.13. The van der Waals surface area contributed by atoms with E-state index in [1.807, 2.05) is 31.6 Å². The van der Waals surface area contributed by atoms with E-state index < -0.39 is 5.91 Å². The molecule has 0 bridgehead atoms. The molecular weight excluding hydrogens is 290 g/mol. The van der Waals surface area contributed by atoms with Gasteiger partial charge in [-0.15, -0.1) is 0 Å². The first-order chi connectivity index (χ1) is 11.1. The molecule has 4 rings (SSSR count). The lowest BCUT2D eigenvalue weighted by Gasteiger charge is -2.08. The summed E-state index contributed by atoms with van der Waals surface area (Å²) in [6, 6.07) is 7.22. The van der Waals surface area contributed by atoms with Crippen molar-refractivity contribution in [1.29, 1.82) is 0 Å². The summed E-state index contributed by atoms with van der Waals surface area (Å²) in [4.78, 5) is 20.4. The van der Waals surface area contributed by atoms with Crippen LogP contribution in [-0.2, 0) is 7.05 Å².